The van der Waals surface area contributed by atoms with Crippen molar-refractivity contribution in [2.24, 2.45) is 5.41 Å². The summed E-state index contributed by atoms with van der Waals surface area (Å²) in [6, 6.07) is 1.72. The highest BCUT2D eigenvalue weighted by Gasteiger charge is 2.33. The number of piperidine rings is 1. The summed E-state index contributed by atoms with van der Waals surface area (Å²) in [6.07, 6.45) is 4.50. The maximum Gasteiger partial charge on any atom is 0.244 e. The SMILES string of the molecule is CCCn1cc(S(=O)(=O)N2CCC(C)(C)CC2)cc1CCl. The van der Waals surface area contributed by atoms with Gasteiger partial charge in [-0.05, 0) is 30.7 Å². The van der Waals surface area contributed by atoms with Crippen LogP contribution in [-0.2, 0) is 22.4 Å². The molecule has 6 heteroatoms. The molecule has 0 aromatic carbocycles. The summed E-state index contributed by atoms with van der Waals surface area (Å²) in [6.45, 7) is 8.46. The standard InChI is InChI=1S/C15H25ClN2O2S/c1-4-7-17-12-14(10-13(17)11-16)21(19,20)18-8-5-15(2,3)6-9-18/h10,12H,4-9,11H2,1-3H3. The number of rotatable bonds is 5. The van der Waals surface area contributed by atoms with Gasteiger partial charge in [-0.2, -0.15) is 4.31 Å². The fourth-order valence-electron chi connectivity index (χ4n) is 2.71. The highest BCUT2D eigenvalue weighted by atomic mass is 35.5. The Bertz CT molecular complexity index is 583. The highest BCUT2D eigenvalue weighted by Crippen LogP contribution is 2.32. The van der Waals surface area contributed by atoms with E-state index in [-0.39, 0.29) is 5.41 Å². The van der Waals surface area contributed by atoms with Crippen LogP contribution in [0.15, 0.2) is 17.2 Å². The summed E-state index contributed by atoms with van der Waals surface area (Å²) < 4.78 is 29.1. The van der Waals surface area contributed by atoms with Gasteiger partial charge in [-0.3, -0.25) is 0 Å². The van der Waals surface area contributed by atoms with Crippen LogP contribution in [0.4, 0.5) is 0 Å². The van der Waals surface area contributed by atoms with Gasteiger partial charge in [-0.1, -0.05) is 20.8 Å². The van der Waals surface area contributed by atoms with E-state index in [4.69, 9.17) is 11.6 Å². The molecule has 0 aliphatic carbocycles. The smallest absolute Gasteiger partial charge is 0.244 e. The van der Waals surface area contributed by atoms with E-state index in [2.05, 4.69) is 20.8 Å². The van der Waals surface area contributed by atoms with Gasteiger partial charge < -0.3 is 4.57 Å². The van der Waals surface area contributed by atoms with Gasteiger partial charge in [0.25, 0.3) is 0 Å². The monoisotopic (exact) mass is 332 g/mol. The predicted octanol–water partition coefficient (Wildman–Crippen LogP) is 3.45. The summed E-state index contributed by atoms with van der Waals surface area (Å²) in [5.74, 6) is 0.336. The number of hydrogen-bond donors (Lipinski definition) is 0. The van der Waals surface area contributed by atoms with Crippen LogP contribution in [-0.4, -0.2) is 30.4 Å². The van der Waals surface area contributed by atoms with Crippen molar-refractivity contribution in [2.75, 3.05) is 13.1 Å². The zero-order valence-corrected chi connectivity index (χ0v) is 14.7. The summed E-state index contributed by atoms with van der Waals surface area (Å²) >= 11 is 5.93. The molecule has 2 heterocycles. The molecule has 0 radical (unpaired) electrons. The Morgan fingerprint density at radius 3 is 2.43 bits per heavy atom. The van der Waals surface area contributed by atoms with Gasteiger partial charge in [0.05, 0.1) is 5.88 Å². The molecule has 1 aromatic rings. The molecule has 1 aliphatic heterocycles. The van der Waals surface area contributed by atoms with Crippen molar-refractivity contribution in [2.45, 2.75) is 57.4 Å². The summed E-state index contributed by atoms with van der Waals surface area (Å²) in [5, 5.41) is 0. The second-order valence-corrected chi connectivity index (χ2v) is 8.77. The van der Waals surface area contributed by atoms with Gasteiger partial charge in [-0.15, -0.1) is 11.6 Å². The molecule has 1 fully saturated rings. The van der Waals surface area contributed by atoms with E-state index in [9.17, 15) is 8.42 Å². The molecular formula is C15H25ClN2O2S. The Morgan fingerprint density at radius 2 is 1.90 bits per heavy atom. The molecule has 0 amide bonds. The first-order chi connectivity index (χ1) is 9.80. The quantitative estimate of drug-likeness (QED) is 0.775. The maximum absolute atomic E-state index is 12.8. The van der Waals surface area contributed by atoms with Crippen molar-refractivity contribution in [3.8, 4) is 0 Å². The molecule has 1 saturated heterocycles. The first kappa shape index (κ1) is 16.8. The Balaban J connectivity index is 2.24. The van der Waals surface area contributed by atoms with Crippen molar-refractivity contribution >= 4 is 21.6 Å². The number of alkyl halides is 1. The van der Waals surface area contributed by atoms with Crippen molar-refractivity contribution in [3.05, 3.63) is 18.0 Å². The summed E-state index contributed by atoms with van der Waals surface area (Å²) in [7, 11) is -3.39. The number of sulfonamides is 1. The van der Waals surface area contributed by atoms with Crippen molar-refractivity contribution in [1.82, 2.24) is 8.87 Å². The molecule has 2 rings (SSSR count). The maximum atomic E-state index is 12.8. The van der Waals surface area contributed by atoms with Crippen LogP contribution >= 0.6 is 11.6 Å². The second-order valence-electron chi connectivity index (χ2n) is 6.56. The summed E-state index contributed by atoms with van der Waals surface area (Å²) in [4.78, 5) is 0.381. The van der Waals surface area contributed by atoms with Crippen LogP contribution in [0.25, 0.3) is 0 Å². The zero-order valence-electron chi connectivity index (χ0n) is 13.1. The fraction of sp³-hybridized carbons (Fsp3) is 0.733. The van der Waals surface area contributed by atoms with E-state index < -0.39 is 10.0 Å². The average molecular weight is 333 g/mol. The largest absolute Gasteiger partial charge is 0.349 e. The molecule has 1 aromatic heterocycles. The van der Waals surface area contributed by atoms with Gasteiger partial charge in [-0.25, -0.2) is 8.42 Å². The van der Waals surface area contributed by atoms with Gasteiger partial charge in [0.1, 0.15) is 4.90 Å². The lowest BCUT2D eigenvalue weighted by Crippen LogP contribution is -2.40. The number of aryl methyl sites for hydroxylation is 1. The van der Waals surface area contributed by atoms with Gasteiger partial charge in [0.2, 0.25) is 10.0 Å². The molecule has 0 N–H and O–H groups in total. The van der Waals surface area contributed by atoms with Crippen molar-refractivity contribution in [3.63, 3.8) is 0 Å². The molecule has 0 saturated carbocycles. The third kappa shape index (κ3) is 3.63. The molecule has 21 heavy (non-hydrogen) atoms. The molecule has 0 spiro atoms. The molecular weight excluding hydrogens is 308 g/mol. The van der Waals surface area contributed by atoms with E-state index in [1.165, 1.54) is 0 Å². The van der Waals surface area contributed by atoms with E-state index in [1.54, 1.807) is 16.6 Å². The predicted molar refractivity (Wildman–Crippen MR) is 86.1 cm³/mol. The lowest BCUT2D eigenvalue weighted by atomic mass is 9.83. The normalized spacial score (nSPS) is 19.8. The van der Waals surface area contributed by atoms with Crippen LogP contribution in [0.3, 0.4) is 0 Å². The minimum absolute atomic E-state index is 0.238. The molecule has 0 atom stereocenters. The second kappa shape index (κ2) is 6.31. The molecule has 0 unspecified atom stereocenters. The van der Waals surface area contributed by atoms with Gasteiger partial charge >= 0.3 is 0 Å². The topological polar surface area (TPSA) is 42.3 Å². The van der Waals surface area contributed by atoms with E-state index in [1.807, 2.05) is 4.57 Å². The summed E-state index contributed by atoms with van der Waals surface area (Å²) in [5.41, 5.74) is 1.11. The molecule has 0 bridgehead atoms. The minimum Gasteiger partial charge on any atom is -0.349 e. The number of halogens is 1. The van der Waals surface area contributed by atoms with Crippen molar-refractivity contribution < 1.29 is 8.42 Å². The highest BCUT2D eigenvalue weighted by molar-refractivity contribution is 7.89. The lowest BCUT2D eigenvalue weighted by molar-refractivity contribution is 0.196. The number of aromatic nitrogens is 1. The Kier molecular flexibility index (Phi) is 5.06. The van der Waals surface area contributed by atoms with Crippen LogP contribution in [0.5, 0.6) is 0 Å². The first-order valence-corrected chi connectivity index (χ1v) is 9.53. The van der Waals surface area contributed by atoms with E-state index in [0.717, 1.165) is 31.5 Å². The Morgan fingerprint density at radius 1 is 1.29 bits per heavy atom. The Hall–Kier alpha value is -0.520. The lowest BCUT2D eigenvalue weighted by Gasteiger charge is -2.35. The van der Waals surface area contributed by atoms with Gasteiger partial charge in [0.15, 0.2) is 0 Å². The van der Waals surface area contributed by atoms with E-state index >= 15 is 0 Å². The fourth-order valence-corrected chi connectivity index (χ4v) is 4.44. The van der Waals surface area contributed by atoms with Crippen LogP contribution in [0, 0.1) is 5.41 Å². The third-order valence-corrected chi connectivity index (χ3v) is 6.41. The third-order valence-electron chi connectivity index (χ3n) is 4.28. The van der Waals surface area contributed by atoms with Crippen LogP contribution < -0.4 is 0 Å². The van der Waals surface area contributed by atoms with Crippen LogP contribution in [0.1, 0.15) is 45.7 Å². The van der Waals surface area contributed by atoms with E-state index in [0.29, 0.717) is 23.9 Å². The number of hydrogen-bond acceptors (Lipinski definition) is 2. The first-order valence-electron chi connectivity index (χ1n) is 7.55. The number of nitrogens with zero attached hydrogens (tertiary/aromatic N) is 2. The molecule has 4 nitrogen and oxygen atoms in total. The average Bonchev–Trinajstić information content (AvgIpc) is 2.82. The van der Waals surface area contributed by atoms with Crippen molar-refractivity contribution in [1.29, 1.82) is 0 Å². The van der Waals surface area contributed by atoms with Crippen LogP contribution in [0.2, 0.25) is 0 Å². The zero-order chi connectivity index (χ0) is 15.7. The Labute approximate surface area is 133 Å². The molecule has 1 aliphatic rings. The minimum atomic E-state index is -3.39. The molecule has 120 valence electrons. The van der Waals surface area contributed by atoms with Gasteiger partial charge in [0, 0.05) is 31.5 Å².